The molecule has 1 aliphatic heterocycles. The van der Waals surface area contributed by atoms with Crippen LogP contribution in [0.2, 0.25) is 0 Å². The second kappa shape index (κ2) is 6.17. The molecule has 0 fully saturated rings. The Hall–Kier alpha value is -3.13. The monoisotopic (exact) mass is 320 g/mol. The Kier molecular flexibility index (Phi) is 4.05. The summed E-state index contributed by atoms with van der Waals surface area (Å²) in [5.41, 5.74) is 3.35. The lowest BCUT2D eigenvalue weighted by Gasteiger charge is -2.19. The number of nitriles is 1. The van der Waals surface area contributed by atoms with Gasteiger partial charge in [-0.2, -0.15) is 5.26 Å². The van der Waals surface area contributed by atoms with E-state index in [2.05, 4.69) is 0 Å². The summed E-state index contributed by atoms with van der Waals surface area (Å²) in [6.07, 6.45) is 0. The molecule has 0 radical (unpaired) electrons. The van der Waals surface area contributed by atoms with E-state index in [1.54, 1.807) is 35.2 Å². The largest absolute Gasteiger partial charge is 0.480 e. The number of carbonyl (C=O) groups excluding carboxylic acids is 1. The molecule has 0 aromatic heterocycles. The molecule has 0 bridgehead atoms. The fourth-order valence-electron chi connectivity index (χ4n) is 3.05. The zero-order chi connectivity index (χ0) is 17.3. The van der Waals surface area contributed by atoms with Gasteiger partial charge in [0.2, 0.25) is 5.91 Å². The van der Waals surface area contributed by atoms with E-state index >= 15 is 0 Å². The number of benzene rings is 2. The zero-order valence-electron chi connectivity index (χ0n) is 13.1. The van der Waals surface area contributed by atoms with E-state index in [1.165, 1.54) is 0 Å². The third-order valence-corrected chi connectivity index (χ3v) is 4.29. The van der Waals surface area contributed by atoms with Crippen molar-refractivity contribution in [2.24, 2.45) is 5.92 Å². The molecule has 0 spiro atoms. The molecule has 2 aromatic rings. The summed E-state index contributed by atoms with van der Waals surface area (Å²) in [5, 5.41) is 18.5. The van der Waals surface area contributed by atoms with Crippen molar-refractivity contribution in [3.05, 3.63) is 65.2 Å². The minimum absolute atomic E-state index is 0.342. The molecule has 5 nitrogen and oxygen atoms in total. The van der Waals surface area contributed by atoms with E-state index in [0.717, 1.165) is 11.1 Å². The van der Waals surface area contributed by atoms with Gasteiger partial charge in [0.15, 0.2) is 5.92 Å². The van der Waals surface area contributed by atoms with Crippen LogP contribution < -0.4 is 4.90 Å². The second-order valence-corrected chi connectivity index (χ2v) is 5.89. The van der Waals surface area contributed by atoms with Crippen molar-refractivity contribution in [2.75, 3.05) is 4.90 Å². The first-order valence-corrected chi connectivity index (χ1v) is 7.61. The van der Waals surface area contributed by atoms with Crippen LogP contribution in [0.25, 0.3) is 0 Å². The molecule has 24 heavy (non-hydrogen) atoms. The van der Waals surface area contributed by atoms with E-state index < -0.39 is 17.8 Å². The van der Waals surface area contributed by atoms with Crippen LogP contribution in [0.4, 0.5) is 5.69 Å². The fourth-order valence-corrected chi connectivity index (χ4v) is 3.05. The van der Waals surface area contributed by atoms with Crippen LogP contribution in [0.1, 0.15) is 22.6 Å². The van der Waals surface area contributed by atoms with Crippen LogP contribution in [-0.4, -0.2) is 17.0 Å². The van der Waals surface area contributed by atoms with Crippen molar-refractivity contribution >= 4 is 17.6 Å². The van der Waals surface area contributed by atoms with Crippen LogP contribution in [-0.2, 0) is 16.1 Å². The Labute approximate surface area is 139 Å². The molecule has 5 heteroatoms. The van der Waals surface area contributed by atoms with Gasteiger partial charge < -0.3 is 10.0 Å². The van der Waals surface area contributed by atoms with Crippen molar-refractivity contribution < 1.29 is 14.7 Å². The van der Waals surface area contributed by atoms with Gasteiger partial charge in [-0.05, 0) is 24.1 Å². The second-order valence-electron chi connectivity index (χ2n) is 5.89. The molecule has 120 valence electrons. The van der Waals surface area contributed by atoms with E-state index in [9.17, 15) is 20.0 Å². The minimum Gasteiger partial charge on any atom is -0.480 e. The van der Waals surface area contributed by atoms with Crippen molar-refractivity contribution in [3.63, 3.8) is 0 Å². The highest BCUT2D eigenvalue weighted by Crippen LogP contribution is 2.42. The number of carboxylic acids is 1. The summed E-state index contributed by atoms with van der Waals surface area (Å²) < 4.78 is 0. The van der Waals surface area contributed by atoms with Gasteiger partial charge in [-0.1, -0.05) is 48.0 Å². The van der Waals surface area contributed by atoms with Crippen LogP contribution >= 0.6 is 0 Å². The summed E-state index contributed by atoms with van der Waals surface area (Å²) in [5.74, 6) is -3.97. The SMILES string of the molecule is Cc1ccc(CN2C(=O)C(C(C#N)C(=O)O)c3ccccc32)cc1. The standard InChI is InChI=1S/C19H16N2O3/c1-12-6-8-13(9-7-12)11-21-16-5-3-2-4-14(16)17(18(21)22)15(10-20)19(23)24/h2-9,15,17H,11H2,1H3,(H,23,24). The number of para-hydroxylation sites is 1. The van der Waals surface area contributed by atoms with Crippen molar-refractivity contribution in [1.82, 2.24) is 0 Å². The number of carboxylic acid groups (broad SMARTS) is 1. The molecule has 2 unspecified atom stereocenters. The van der Waals surface area contributed by atoms with Gasteiger partial charge in [0.25, 0.3) is 0 Å². The summed E-state index contributed by atoms with van der Waals surface area (Å²) in [4.78, 5) is 25.8. The average Bonchev–Trinajstić information content (AvgIpc) is 2.83. The number of aryl methyl sites for hydroxylation is 1. The van der Waals surface area contributed by atoms with Gasteiger partial charge in [0, 0.05) is 5.69 Å². The summed E-state index contributed by atoms with van der Waals surface area (Å²) in [7, 11) is 0. The first-order valence-electron chi connectivity index (χ1n) is 7.61. The molecule has 1 amide bonds. The molecule has 0 saturated heterocycles. The number of fused-ring (bicyclic) bond motifs is 1. The maximum absolute atomic E-state index is 12.9. The third-order valence-electron chi connectivity index (χ3n) is 4.29. The predicted molar refractivity (Wildman–Crippen MR) is 88.3 cm³/mol. The number of nitrogens with zero attached hydrogens (tertiary/aromatic N) is 2. The van der Waals surface area contributed by atoms with Gasteiger partial charge >= 0.3 is 5.97 Å². The number of anilines is 1. The first-order chi connectivity index (χ1) is 11.5. The van der Waals surface area contributed by atoms with E-state index in [-0.39, 0.29) is 5.91 Å². The van der Waals surface area contributed by atoms with Gasteiger partial charge in [0.05, 0.1) is 18.5 Å². The number of hydrogen-bond acceptors (Lipinski definition) is 3. The molecular weight excluding hydrogens is 304 g/mol. The Bertz CT molecular complexity index is 836. The summed E-state index contributed by atoms with van der Waals surface area (Å²) >= 11 is 0. The first kappa shape index (κ1) is 15.8. The van der Waals surface area contributed by atoms with E-state index in [0.29, 0.717) is 17.8 Å². The number of carbonyl (C=O) groups is 2. The molecule has 2 atom stereocenters. The van der Waals surface area contributed by atoms with Crippen molar-refractivity contribution in [3.8, 4) is 6.07 Å². The van der Waals surface area contributed by atoms with Gasteiger partial charge in [0.1, 0.15) is 0 Å². The maximum Gasteiger partial charge on any atom is 0.322 e. The molecule has 0 aliphatic carbocycles. The topological polar surface area (TPSA) is 81.4 Å². The lowest BCUT2D eigenvalue weighted by atomic mass is 9.88. The molecule has 0 saturated carbocycles. The molecule has 1 N–H and O–H groups in total. The number of amides is 1. The van der Waals surface area contributed by atoms with Gasteiger partial charge in [-0.3, -0.25) is 9.59 Å². The molecule has 1 aliphatic rings. The van der Waals surface area contributed by atoms with Crippen molar-refractivity contribution in [1.29, 1.82) is 5.26 Å². The Morgan fingerprint density at radius 1 is 1.25 bits per heavy atom. The molecule has 2 aromatic carbocycles. The lowest BCUT2D eigenvalue weighted by molar-refractivity contribution is -0.142. The van der Waals surface area contributed by atoms with E-state index in [4.69, 9.17) is 0 Å². The Morgan fingerprint density at radius 2 is 1.92 bits per heavy atom. The fraction of sp³-hybridized carbons (Fsp3) is 0.211. The Balaban J connectivity index is 2.00. The summed E-state index contributed by atoms with van der Waals surface area (Å²) in [6.45, 7) is 2.34. The third kappa shape index (κ3) is 2.63. The smallest absolute Gasteiger partial charge is 0.322 e. The highest BCUT2D eigenvalue weighted by atomic mass is 16.4. The molecule has 3 rings (SSSR count). The highest BCUT2D eigenvalue weighted by molar-refractivity contribution is 6.07. The summed E-state index contributed by atoms with van der Waals surface area (Å²) in [6, 6.07) is 16.6. The lowest BCUT2D eigenvalue weighted by Crippen LogP contribution is -2.33. The molecular formula is C19H16N2O3. The average molecular weight is 320 g/mol. The van der Waals surface area contributed by atoms with Gasteiger partial charge in [-0.15, -0.1) is 0 Å². The van der Waals surface area contributed by atoms with Crippen LogP contribution in [0.5, 0.6) is 0 Å². The van der Waals surface area contributed by atoms with Crippen LogP contribution in [0, 0.1) is 24.2 Å². The number of rotatable bonds is 4. The van der Waals surface area contributed by atoms with Crippen molar-refractivity contribution in [2.45, 2.75) is 19.4 Å². The predicted octanol–water partition coefficient (Wildman–Crippen LogP) is 2.85. The van der Waals surface area contributed by atoms with Crippen LogP contribution in [0.3, 0.4) is 0 Å². The van der Waals surface area contributed by atoms with Crippen LogP contribution in [0.15, 0.2) is 48.5 Å². The zero-order valence-corrected chi connectivity index (χ0v) is 13.1. The number of aliphatic carboxylic acids is 1. The normalized spacial score (nSPS) is 17.2. The molecule has 1 heterocycles. The van der Waals surface area contributed by atoms with E-state index in [1.807, 2.05) is 31.2 Å². The maximum atomic E-state index is 12.9. The highest BCUT2D eigenvalue weighted by Gasteiger charge is 2.44. The Morgan fingerprint density at radius 3 is 2.54 bits per heavy atom. The number of hydrogen-bond donors (Lipinski definition) is 1. The quantitative estimate of drug-likeness (QED) is 0.939. The minimum atomic E-state index is -1.39. The van der Waals surface area contributed by atoms with Gasteiger partial charge in [-0.25, -0.2) is 0 Å².